The van der Waals surface area contributed by atoms with Gasteiger partial charge in [0.15, 0.2) is 5.75 Å². The first-order valence-corrected chi connectivity index (χ1v) is 5.32. The van der Waals surface area contributed by atoms with Crippen LogP contribution in [-0.4, -0.2) is 18.9 Å². The van der Waals surface area contributed by atoms with E-state index in [1.54, 1.807) is 6.07 Å². The van der Waals surface area contributed by atoms with Gasteiger partial charge in [-0.1, -0.05) is 11.6 Å². The molecule has 0 spiro atoms. The van der Waals surface area contributed by atoms with Crippen LogP contribution in [0.4, 0.5) is 13.2 Å². The molecular formula is C11H7ClF3NO3. The molecule has 4 nitrogen and oxygen atoms in total. The molecule has 0 aromatic heterocycles. The Hall–Kier alpha value is -1.94. The third-order valence-electron chi connectivity index (χ3n) is 1.89. The molecule has 0 atom stereocenters. The van der Waals surface area contributed by atoms with Gasteiger partial charge in [0.25, 0.3) is 0 Å². The number of hydrogen-bond acceptors (Lipinski definition) is 4. The summed E-state index contributed by atoms with van der Waals surface area (Å²) in [7, 11) is 0. The van der Waals surface area contributed by atoms with Crippen LogP contribution in [0.2, 0.25) is 5.02 Å². The highest BCUT2D eigenvalue weighted by molar-refractivity contribution is 6.32. The maximum absolute atomic E-state index is 12.2. The van der Waals surface area contributed by atoms with Crippen LogP contribution in [0.1, 0.15) is 22.8 Å². The molecule has 1 aromatic carbocycles. The number of esters is 1. The Morgan fingerprint density at radius 1 is 1.47 bits per heavy atom. The van der Waals surface area contributed by atoms with Gasteiger partial charge in [0.05, 0.1) is 23.3 Å². The fraction of sp³-hybridized carbons (Fsp3) is 0.273. The van der Waals surface area contributed by atoms with Gasteiger partial charge in [0, 0.05) is 0 Å². The molecule has 1 rings (SSSR count). The standard InChI is InChI=1S/C11H7ClF3NO3/c1-2-18-10(17)7-3-6(5-16)4-8(12)9(7)19-11(13,14)15/h3-4H,2H2,1H3. The molecule has 0 saturated carbocycles. The molecule has 0 amide bonds. The third kappa shape index (κ3) is 4.03. The normalized spacial score (nSPS) is 10.7. The molecule has 19 heavy (non-hydrogen) atoms. The fourth-order valence-corrected chi connectivity index (χ4v) is 1.50. The molecular weight excluding hydrogens is 287 g/mol. The molecule has 0 aliphatic rings. The van der Waals surface area contributed by atoms with E-state index in [0.29, 0.717) is 0 Å². The second-order valence-electron chi connectivity index (χ2n) is 3.21. The summed E-state index contributed by atoms with van der Waals surface area (Å²) in [5.74, 6) is -1.94. The molecule has 0 saturated heterocycles. The largest absolute Gasteiger partial charge is 0.573 e. The fourth-order valence-electron chi connectivity index (χ4n) is 1.24. The highest BCUT2D eigenvalue weighted by Crippen LogP contribution is 2.35. The Kier molecular flexibility index (Phi) is 4.62. The zero-order valence-electron chi connectivity index (χ0n) is 9.55. The van der Waals surface area contributed by atoms with E-state index in [-0.39, 0.29) is 12.2 Å². The molecule has 0 radical (unpaired) electrons. The van der Waals surface area contributed by atoms with Crippen LogP contribution in [0, 0.1) is 11.3 Å². The lowest BCUT2D eigenvalue weighted by Crippen LogP contribution is -2.20. The molecule has 0 N–H and O–H groups in total. The lowest BCUT2D eigenvalue weighted by Gasteiger charge is -2.14. The highest BCUT2D eigenvalue weighted by Gasteiger charge is 2.34. The Balaban J connectivity index is 3.34. The van der Waals surface area contributed by atoms with E-state index < -0.39 is 28.7 Å². The summed E-state index contributed by atoms with van der Waals surface area (Å²) < 4.78 is 45.0. The summed E-state index contributed by atoms with van der Waals surface area (Å²) in [6.45, 7) is 1.44. The summed E-state index contributed by atoms with van der Waals surface area (Å²) in [6, 6.07) is 3.55. The van der Waals surface area contributed by atoms with Gasteiger partial charge in [-0.3, -0.25) is 0 Å². The third-order valence-corrected chi connectivity index (χ3v) is 2.17. The minimum absolute atomic E-state index is 0.0430. The smallest absolute Gasteiger partial charge is 0.462 e. The maximum atomic E-state index is 12.2. The van der Waals surface area contributed by atoms with E-state index >= 15 is 0 Å². The van der Waals surface area contributed by atoms with Gasteiger partial charge in [-0.2, -0.15) is 5.26 Å². The average molecular weight is 294 g/mol. The van der Waals surface area contributed by atoms with Crippen LogP contribution in [0.3, 0.4) is 0 Å². The number of nitriles is 1. The van der Waals surface area contributed by atoms with Crippen molar-refractivity contribution in [1.29, 1.82) is 5.26 Å². The maximum Gasteiger partial charge on any atom is 0.573 e. The van der Waals surface area contributed by atoms with Crippen LogP contribution >= 0.6 is 11.6 Å². The summed E-state index contributed by atoms with van der Waals surface area (Å²) in [6.07, 6.45) is -5.01. The molecule has 0 fully saturated rings. The quantitative estimate of drug-likeness (QED) is 0.802. The molecule has 8 heteroatoms. The van der Waals surface area contributed by atoms with E-state index in [1.165, 1.54) is 6.92 Å². The van der Waals surface area contributed by atoms with Crippen molar-refractivity contribution in [2.75, 3.05) is 6.61 Å². The van der Waals surface area contributed by atoms with Gasteiger partial charge >= 0.3 is 12.3 Å². The summed E-state index contributed by atoms with van der Waals surface area (Å²) in [4.78, 5) is 11.5. The number of carbonyl (C=O) groups is 1. The van der Waals surface area contributed by atoms with Crippen LogP contribution in [-0.2, 0) is 4.74 Å². The molecule has 0 unspecified atom stereocenters. The van der Waals surface area contributed by atoms with Crippen molar-refractivity contribution in [3.63, 3.8) is 0 Å². The van der Waals surface area contributed by atoms with Crippen molar-refractivity contribution in [3.8, 4) is 11.8 Å². The van der Waals surface area contributed by atoms with Gasteiger partial charge < -0.3 is 9.47 Å². The minimum Gasteiger partial charge on any atom is -0.462 e. The summed E-state index contributed by atoms with van der Waals surface area (Å²) in [5.41, 5.74) is -0.634. The van der Waals surface area contributed by atoms with Gasteiger partial charge in [-0.05, 0) is 19.1 Å². The van der Waals surface area contributed by atoms with Crippen molar-refractivity contribution in [3.05, 3.63) is 28.3 Å². The number of rotatable bonds is 3. The molecule has 1 aromatic rings. The van der Waals surface area contributed by atoms with E-state index in [1.807, 2.05) is 0 Å². The SMILES string of the molecule is CCOC(=O)c1cc(C#N)cc(Cl)c1OC(F)(F)F. The van der Waals surface area contributed by atoms with Crippen molar-refractivity contribution in [1.82, 2.24) is 0 Å². The number of carbonyl (C=O) groups excluding carboxylic acids is 1. The van der Waals surface area contributed by atoms with Gasteiger partial charge in [0.1, 0.15) is 5.56 Å². The van der Waals surface area contributed by atoms with Crippen LogP contribution in [0.15, 0.2) is 12.1 Å². The monoisotopic (exact) mass is 293 g/mol. The molecule has 0 aliphatic carbocycles. The second kappa shape index (κ2) is 5.80. The van der Waals surface area contributed by atoms with E-state index in [9.17, 15) is 18.0 Å². The van der Waals surface area contributed by atoms with Crippen molar-refractivity contribution >= 4 is 17.6 Å². The predicted octanol–water partition coefficient (Wildman–Crippen LogP) is 3.29. The first-order chi connectivity index (χ1) is 8.78. The number of hydrogen-bond donors (Lipinski definition) is 0. The van der Waals surface area contributed by atoms with E-state index in [4.69, 9.17) is 16.9 Å². The second-order valence-corrected chi connectivity index (χ2v) is 3.62. The highest BCUT2D eigenvalue weighted by atomic mass is 35.5. The number of alkyl halides is 3. The summed E-state index contributed by atoms with van der Waals surface area (Å²) in [5, 5.41) is 8.20. The zero-order valence-corrected chi connectivity index (χ0v) is 10.3. The van der Waals surface area contributed by atoms with Gasteiger partial charge in [0.2, 0.25) is 0 Å². The Morgan fingerprint density at radius 2 is 2.11 bits per heavy atom. The molecule has 0 bridgehead atoms. The number of ether oxygens (including phenoxy) is 2. The Labute approximate surface area is 111 Å². The van der Waals surface area contributed by atoms with Crippen molar-refractivity contribution in [2.24, 2.45) is 0 Å². The number of benzene rings is 1. The first kappa shape index (κ1) is 15.1. The van der Waals surface area contributed by atoms with Gasteiger partial charge in [-0.25, -0.2) is 4.79 Å². The molecule has 102 valence electrons. The lowest BCUT2D eigenvalue weighted by atomic mass is 10.1. The van der Waals surface area contributed by atoms with Crippen molar-refractivity contribution in [2.45, 2.75) is 13.3 Å². The zero-order chi connectivity index (χ0) is 14.6. The lowest BCUT2D eigenvalue weighted by molar-refractivity contribution is -0.274. The Bertz CT molecular complexity index is 537. The van der Waals surface area contributed by atoms with E-state index in [0.717, 1.165) is 12.1 Å². The molecule has 0 aliphatic heterocycles. The van der Waals surface area contributed by atoms with Crippen LogP contribution in [0.25, 0.3) is 0 Å². The van der Waals surface area contributed by atoms with Gasteiger partial charge in [-0.15, -0.1) is 13.2 Å². The molecule has 0 heterocycles. The van der Waals surface area contributed by atoms with E-state index in [2.05, 4.69) is 9.47 Å². The van der Waals surface area contributed by atoms with Crippen molar-refractivity contribution < 1.29 is 27.4 Å². The number of nitrogens with zero attached hydrogens (tertiary/aromatic N) is 1. The number of halogens is 4. The average Bonchev–Trinajstić information content (AvgIpc) is 2.30. The van der Waals surface area contributed by atoms with Crippen LogP contribution < -0.4 is 4.74 Å². The predicted molar refractivity (Wildman–Crippen MR) is 58.8 cm³/mol. The minimum atomic E-state index is -5.01. The summed E-state index contributed by atoms with van der Waals surface area (Å²) >= 11 is 5.58. The topological polar surface area (TPSA) is 59.3 Å². The first-order valence-electron chi connectivity index (χ1n) is 4.95. The van der Waals surface area contributed by atoms with Crippen LogP contribution in [0.5, 0.6) is 5.75 Å². The Morgan fingerprint density at radius 3 is 2.58 bits per heavy atom.